The van der Waals surface area contributed by atoms with Gasteiger partial charge in [0.05, 0.1) is 6.26 Å². The van der Waals surface area contributed by atoms with Gasteiger partial charge >= 0.3 is 6.18 Å². The Morgan fingerprint density at radius 3 is 2.35 bits per heavy atom. The summed E-state index contributed by atoms with van der Waals surface area (Å²) in [6.07, 6.45) is -0.0586. The van der Waals surface area contributed by atoms with Gasteiger partial charge in [-0.1, -0.05) is 23.8 Å². The van der Waals surface area contributed by atoms with Crippen LogP contribution in [0.25, 0.3) is 0 Å². The van der Waals surface area contributed by atoms with E-state index in [0.29, 0.717) is 17.4 Å². The molecular weight excluding hydrogens is 587 g/mol. The summed E-state index contributed by atoms with van der Waals surface area (Å²) < 4.78 is 66.1. The molecule has 0 aliphatic rings. The van der Waals surface area contributed by atoms with E-state index in [4.69, 9.17) is 0 Å². The van der Waals surface area contributed by atoms with Gasteiger partial charge in [0.1, 0.15) is 17.2 Å². The van der Waals surface area contributed by atoms with Crippen LogP contribution >= 0.6 is 0 Å². The van der Waals surface area contributed by atoms with Crippen molar-refractivity contribution in [3.8, 4) is 0 Å². The molecule has 2 heterocycles. The molecule has 0 spiro atoms. The Labute approximate surface area is 247 Å². The van der Waals surface area contributed by atoms with E-state index in [2.05, 4.69) is 30.9 Å². The number of rotatable bonds is 13. The van der Waals surface area contributed by atoms with Crippen LogP contribution in [0.1, 0.15) is 43.4 Å². The van der Waals surface area contributed by atoms with E-state index in [1.54, 1.807) is 44.2 Å². The zero-order valence-corrected chi connectivity index (χ0v) is 24.8. The second-order valence-corrected chi connectivity index (χ2v) is 11.8. The van der Waals surface area contributed by atoms with Crippen molar-refractivity contribution in [2.45, 2.75) is 46.0 Å². The average molecular weight is 620 g/mol. The van der Waals surface area contributed by atoms with Crippen LogP contribution in [0.2, 0.25) is 0 Å². The molecule has 0 saturated heterocycles. The van der Waals surface area contributed by atoms with Gasteiger partial charge in [0.25, 0.3) is 0 Å². The number of amides is 1. The number of aromatic nitrogens is 3. The molecule has 1 aromatic carbocycles. The number of benzene rings is 1. The molecule has 0 aliphatic carbocycles. The van der Waals surface area contributed by atoms with Crippen LogP contribution in [-0.4, -0.2) is 48.4 Å². The third-order valence-corrected chi connectivity index (χ3v) is 7.12. The molecule has 0 radical (unpaired) electrons. The highest BCUT2D eigenvalue weighted by Crippen LogP contribution is 2.34. The number of halogens is 3. The smallest absolute Gasteiger partial charge is 0.365 e. The number of ketones is 1. The van der Waals surface area contributed by atoms with Crippen LogP contribution in [0.4, 0.5) is 36.4 Å². The molecule has 230 valence electrons. The first-order valence-electron chi connectivity index (χ1n) is 13.0. The Kier molecular flexibility index (Phi) is 10.8. The molecule has 1 amide bonds. The fourth-order valence-corrected chi connectivity index (χ4v) is 4.21. The normalized spacial score (nSPS) is 11.4. The van der Waals surface area contributed by atoms with Crippen LogP contribution in [0.5, 0.6) is 0 Å². The van der Waals surface area contributed by atoms with Gasteiger partial charge < -0.3 is 16.0 Å². The lowest BCUT2D eigenvalue weighted by atomic mass is 10.1. The molecule has 11 nitrogen and oxygen atoms in total. The fraction of sp³-hybridized carbons (Fsp3) is 0.321. The maximum Gasteiger partial charge on any atom is 0.421 e. The van der Waals surface area contributed by atoms with Crippen molar-refractivity contribution in [1.82, 2.24) is 20.3 Å². The van der Waals surface area contributed by atoms with Gasteiger partial charge in [-0.25, -0.2) is 18.4 Å². The summed E-state index contributed by atoms with van der Waals surface area (Å²) in [7, 11) is -2.37. The van der Waals surface area contributed by atoms with Crippen molar-refractivity contribution in [3.05, 3.63) is 77.1 Å². The first-order valence-corrected chi connectivity index (χ1v) is 14.8. The minimum Gasteiger partial charge on any atom is -0.365 e. The van der Waals surface area contributed by atoms with Gasteiger partial charge in [0, 0.05) is 56.6 Å². The summed E-state index contributed by atoms with van der Waals surface area (Å²) in [5.74, 6) is -0.943. The summed E-state index contributed by atoms with van der Waals surface area (Å²) in [4.78, 5) is 35.6. The molecular formula is C28H32F3N7O4S. The second-order valence-electron chi connectivity index (χ2n) is 9.81. The van der Waals surface area contributed by atoms with E-state index in [9.17, 15) is 31.2 Å². The molecule has 3 aromatic rings. The lowest BCUT2D eigenvalue weighted by Gasteiger charge is -2.20. The van der Waals surface area contributed by atoms with Crippen LogP contribution in [0, 0.1) is 0 Å². The van der Waals surface area contributed by atoms with E-state index in [-0.39, 0.29) is 49.4 Å². The molecule has 3 N–H and O–H groups in total. The lowest BCUT2D eigenvalue weighted by molar-refractivity contribution is -0.137. The third-order valence-electron chi connectivity index (χ3n) is 5.95. The van der Waals surface area contributed by atoms with E-state index in [1.165, 1.54) is 25.4 Å². The van der Waals surface area contributed by atoms with Gasteiger partial charge in [-0.2, -0.15) is 18.2 Å². The Balaban J connectivity index is 1.68. The molecule has 0 atom stereocenters. The van der Waals surface area contributed by atoms with E-state index >= 15 is 0 Å². The molecule has 0 unspecified atom stereocenters. The highest BCUT2D eigenvalue weighted by molar-refractivity contribution is 7.92. The zero-order valence-electron chi connectivity index (χ0n) is 24.0. The number of nitrogens with one attached hydrogen (secondary N) is 3. The largest absolute Gasteiger partial charge is 0.421 e. The number of allylic oxidation sites excluding steroid dienone is 2. The van der Waals surface area contributed by atoms with E-state index in [0.717, 1.165) is 21.7 Å². The zero-order chi connectivity index (χ0) is 31.8. The average Bonchev–Trinajstić information content (AvgIpc) is 2.93. The highest BCUT2D eigenvalue weighted by atomic mass is 32.2. The highest BCUT2D eigenvalue weighted by Gasteiger charge is 2.35. The van der Waals surface area contributed by atoms with Crippen molar-refractivity contribution < 1.29 is 31.2 Å². The standard InChI is InChI=1S/C28H32F3N7O4S/c1-18(2)14-22(39)11-12-24(40)33-15-19-7-9-21(10-8-19)36-27-35-17-23(28(29,30)31)25(37-27)34-16-20-6-5-13-32-26(20)38(3)43(4,41)42/h5-10,13-14,17H,11-12,15-16H2,1-4H3,(H,33,40)(H2,34,35,36,37). The predicted molar refractivity (Wildman–Crippen MR) is 157 cm³/mol. The summed E-state index contributed by atoms with van der Waals surface area (Å²) in [6.45, 7) is 3.64. The first-order chi connectivity index (χ1) is 20.1. The summed E-state index contributed by atoms with van der Waals surface area (Å²) in [5.41, 5.74) is 1.34. The Bertz CT molecular complexity index is 1590. The number of hydrogen-bond donors (Lipinski definition) is 3. The molecule has 0 bridgehead atoms. The number of sulfonamides is 1. The molecule has 2 aromatic heterocycles. The number of hydrogen-bond acceptors (Lipinski definition) is 9. The fourth-order valence-electron chi connectivity index (χ4n) is 3.73. The summed E-state index contributed by atoms with van der Waals surface area (Å²) in [5, 5.41) is 8.22. The molecule has 43 heavy (non-hydrogen) atoms. The van der Waals surface area contributed by atoms with Crippen molar-refractivity contribution in [2.24, 2.45) is 0 Å². The quantitative estimate of drug-likeness (QED) is 0.234. The number of anilines is 4. The van der Waals surface area contributed by atoms with Gasteiger partial charge in [0.15, 0.2) is 5.78 Å². The Morgan fingerprint density at radius 2 is 1.72 bits per heavy atom. The van der Waals surface area contributed by atoms with E-state index < -0.39 is 27.6 Å². The molecule has 3 rings (SSSR count). The second kappa shape index (κ2) is 14.1. The van der Waals surface area contributed by atoms with Crippen LogP contribution < -0.4 is 20.3 Å². The van der Waals surface area contributed by atoms with E-state index in [1.807, 2.05) is 0 Å². The van der Waals surface area contributed by atoms with Crippen molar-refractivity contribution >= 4 is 45.0 Å². The SMILES string of the molecule is CC(C)=CC(=O)CCC(=O)NCc1ccc(Nc2ncc(C(F)(F)F)c(NCc3cccnc3N(C)S(C)(=O)=O)n2)cc1. The Morgan fingerprint density at radius 1 is 1.02 bits per heavy atom. The molecule has 0 aliphatic heterocycles. The maximum atomic E-state index is 13.7. The van der Waals surface area contributed by atoms with Crippen LogP contribution in [0.15, 0.2) is 60.4 Å². The molecule has 0 saturated carbocycles. The number of carbonyl (C=O) groups is 2. The van der Waals surface area contributed by atoms with Gasteiger partial charge in [-0.05, 0) is 43.7 Å². The minimum absolute atomic E-state index is 0.0620. The first kappa shape index (κ1) is 33.0. The minimum atomic E-state index is -4.76. The topological polar surface area (TPSA) is 146 Å². The van der Waals surface area contributed by atoms with Crippen molar-refractivity contribution in [1.29, 1.82) is 0 Å². The predicted octanol–water partition coefficient (Wildman–Crippen LogP) is 4.57. The van der Waals surface area contributed by atoms with Gasteiger partial charge in [-0.15, -0.1) is 0 Å². The number of nitrogens with zero attached hydrogens (tertiary/aromatic N) is 4. The maximum absolute atomic E-state index is 13.7. The lowest BCUT2D eigenvalue weighted by Crippen LogP contribution is -2.27. The molecule has 0 fully saturated rings. The van der Waals surface area contributed by atoms with Crippen LogP contribution in [-0.2, 0) is 38.9 Å². The van der Waals surface area contributed by atoms with Gasteiger partial charge in [-0.3, -0.25) is 13.9 Å². The van der Waals surface area contributed by atoms with Crippen molar-refractivity contribution in [2.75, 3.05) is 28.2 Å². The number of pyridine rings is 1. The Hall–Kier alpha value is -4.53. The van der Waals surface area contributed by atoms with Gasteiger partial charge in [0.2, 0.25) is 21.9 Å². The third kappa shape index (κ3) is 10.1. The monoisotopic (exact) mass is 619 g/mol. The summed E-state index contributed by atoms with van der Waals surface area (Å²) in [6, 6.07) is 9.80. The number of alkyl halides is 3. The van der Waals surface area contributed by atoms with Crippen molar-refractivity contribution in [3.63, 3.8) is 0 Å². The molecule has 15 heteroatoms. The van der Waals surface area contributed by atoms with Crippen LogP contribution in [0.3, 0.4) is 0 Å². The summed E-state index contributed by atoms with van der Waals surface area (Å²) >= 11 is 0. The number of carbonyl (C=O) groups excluding carboxylic acids is 2.